The van der Waals surface area contributed by atoms with Crippen molar-refractivity contribution in [2.45, 2.75) is 0 Å². The van der Waals surface area contributed by atoms with Crippen LogP contribution >= 0.6 is 0 Å². The molecule has 0 atom stereocenters. The third-order valence-corrected chi connectivity index (χ3v) is 3.24. The predicted molar refractivity (Wildman–Crippen MR) is 86.0 cm³/mol. The second-order valence-electron chi connectivity index (χ2n) is 4.85. The molecular formula is C13H20N6O4S. The number of nitrogens with zero attached hydrogens (tertiary/aromatic N) is 6. The molecule has 24 heavy (non-hydrogen) atoms. The lowest BCUT2D eigenvalue weighted by Gasteiger charge is -2.11. The Hall–Kier alpha value is -2.37. The molecule has 0 amide bonds. The highest BCUT2D eigenvalue weighted by molar-refractivity contribution is 7.80. The van der Waals surface area contributed by atoms with E-state index in [0.29, 0.717) is 5.95 Å². The summed E-state index contributed by atoms with van der Waals surface area (Å²) in [5.74, 6) is 0.701. The first-order valence-electron chi connectivity index (χ1n) is 6.72. The van der Waals surface area contributed by atoms with E-state index >= 15 is 0 Å². The van der Waals surface area contributed by atoms with Gasteiger partial charge in [0, 0.05) is 24.9 Å². The molecule has 0 aliphatic rings. The third-order valence-electron chi connectivity index (χ3n) is 2.83. The van der Waals surface area contributed by atoms with Crippen LogP contribution in [0.2, 0.25) is 0 Å². The quantitative estimate of drug-likeness (QED) is 0.346. The monoisotopic (exact) mass is 356 g/mol. The van der Waals surface area contributed by atoms with Crippen molar-refractivity contribution in [3.8, 4) is 0 Å². The Labute approximate surface area is 141 Å². The van der Waals surface area contributed by atoms with Gasteiger partial charge in [0.1, 0.15) is 0 Å². The van der Waals surface area contributed by atoms with Crippen molar-refractivity contribution in [2.75, 3.05) is 26.1 Å². The lowest BCUT2D eigenvalue weighted by atomic mass is 10.3. The van der Waals surface area contributed by atoms with Gasteiger partial charge in [0.25, 0.3) is 0 Å². The fourth-order valence-electron chi connectivity index (χ4n) is 1.54. The molecule has 0 fully saturated rings. The van der Waals surface area contributed by atoms with Crippen molar-refractivity contribution < 1.29 is 21.7 Å². The minimum atomic E-state index is -4.41. The van der Waals surface area contributed by atoms with Gasteiger partial charge >= 0.3 is 5.95 Å². The molecule has 0 N–H and O–H groups in total. The first-order valence-corrected chi connectivity index (χ1v) is 8.05. The van der Waals surface area contributed by atoms with E-state index in [0.717, 1.165) is 18.5 Å². The Bertz CT molecular complexity index is 764. The zero-order valence-electron chi connectivity index (χ0n) is 14.1. The van der Waals surface area contributed by atoms with Crippen LogP contribution < -0.4 is 9.47 Å². The summed E-state index contributed by atoms with van der Waals surface area (Å²) in [6.07, 6.45) is 1.70. The molecule has 0 radical (unpaired) electrons. The van der Waals surface area contributed by atoms with E-state index in [2.05, 4.69) is 19.5 Å². The maximum Gasteiger partial charge on any atom is 0.403 e. The maximum atomic E-state index is 9.22. The van der Waals surface area contributed by atoms with Crippen LogP contribution in [0.25, 0.3) is 0 Å². The fourth-order valence-corrected chi connectivity index (χ4v) is 1.54. The number of rotatable bonds is 4. The number of hydrogen-bond donors (Lipinski definition) is 0. The van der Waals surface area contributed by atoms with Crippen molar-refractivity contribution in [1.82, 2.24) is 9.78 Å². The highest BCUT2D eigenvalue weighted by atomic mass is 32.3. The minimum absolute atomic E-state index is 0.701. The normalized spacial score (nSPS) is 11.2. The molecule has 0 aliphatic carbocycles. The summed E-state index contributed by atoms with van der Waals surface area (Å²) in [5.41, 5.74) is 1.96. The van der Waals surface area contributed by atoms with Gasteiger partial charge in [-0.3, -0.25) is 4.18 Å². The highest BCUT2D eigenvalue weighted by Crippen LogP contribution is 2.19. The van der Waals surface area contributed by atoms with Crippen LogP contribution in [0.3, 0.4) is 0 Å². The van der Waals surface area contributed by atoms with Gasteiger partial charge in [-0.05, 0) is 29.4 Å². The molecule has 0 unspecified atom stereocenters. The van der Waals surface area contributed by atoms with Gasteiger partial charge in [-0.25, -0.2) is 13.0 Å². The van der Waals surface area contributed by atoms with Crippen LogP contribution in [0, 0.1) is 0 Å². The largest absolute Gasteiger partial charge is 0.726 e. The molecule has 0 bridgehead atoms. The van der Waals surface area contributed by atoms with Gasteiger partial charge in [-0.15, -0.1) is 4.68 Å². The van der Waals surface area contributed by atoms with Crippen molar-refractivity contribution in [3.05, 3.63) is 30.6 Å². The number of hydrogen-bond acceptors (Lipinski definition) is 8. The van der Waals surface area contributed by atoms with Crippen molar-refractivity contribution in [3.63, 3.8) is 0 Å². The maximum absolute atomic E-state index is 9.22. The number of benzene rings is 1. The topological polar surface area (TPSA) is 116 Å². The second kappa shape index (κ2) is 8.47. The van der Waals surface area contributed by atoms with Crippen LogP contribution in [0.1, 0.15) is 0 Å². The molecule has 132 valence electrons. The zero-order valence-corrected chi connectivity index (χ0v) is 14.9. The summed E-state index contributed by atoms with van der Waals surface area (Å²) in [6, 6.07) is 7.90. The predicted octanol–water partition coefficient (Wildman–Crippen LogP) is 0.819. The Morgan fingerprint density at radius 3 is 2.17 bits per heavy atom. The lowest BCUT2D eigenvalue weighted by molar-refractivity contribution is -0.659. The summed E-state index contributed by atoms with van der Waals surface area (Å²) in [6.45, 7) is 0. The average Bonchev–Trinajstić information content (AvgIpc) is 2.84. The van der Waals surface area contributed by atoms with E-state index in [9.17, 15) is 13.0 Å². The molecule has 2 aromatic rings. The molecule has 10 nitrogen and oxygen atoms in total. The SMILES string of the molecule is CN(C)c1ccc(/N=N/c2n(C)nc[n+]2C)cc1.COS(=O)(=O)[O-]. The highest BCUT2D eigenvalue weighted by Gasteiger charge is 2.11. The molecule has 2 rings (SSSR count). The number of aromatic nitrogens is 3. The summed E-state index contributed by atoms with van der Waals surface area (Å²) in [4.78, 5) is 2.04. The molecule has 0 saturated heterocycles. The van der Waals surface area contributed by atoms with Crippen LogP contribution in [0.15, 0.2) is 40.8 Å². The Kier molecular flexibility index (Phi) is 6.95. The summed E-state index contributed by atoms with van der Waals surface area (Å²) < 4.78 is 34.5. The molecule has 11 heteroatoms. The summed E-state index contributed by atoms with van der Waals surface area (Å²) >= 11 is 0. The Morgan fingerprint density at radius 2 is 1.79 bits per heavy atom. The molecule has 0 aliphatic heterocycles. The smallest absolute Gasteiger partial charge is 0.403 e. The van der Waals surface area contributed by atoms with E-state index in [4.69, 9.17) is 0 Å². The van der Waals surface area contributed by atoms with Crippen molar-refractivity contribution in [1.29, 1.82) is 0 Å². The number of aryl methyl sites for hydroxylation is 2. The van der Waals surface area contributed by atoms with E-state index in [1.165, 1.54) is 0 Å². The second-order valence-corrected chi connectivity index (χ2v) is 6.00. The molecule has 1 aromatic carbocycles. The van der Waals surface area contributed by atoms with Gasteiger partial charge in [0.15, 0.2) is 0 Å². The molecule has 1 aromatic heterocycles. The van der Waals surface area contributed by atoms with E-state index < -0.39 is 10.4 Å². The molecule has 0 spiro atoms. The first-order chi connectivity index (χ1) is 11.1. The van der Waals surface area contributed by atoms with Crippen molar-refractivity contribution in [2.24, 2.45) is 24.3 Å². The minimum Gasteiger partial charge on any atom is -0.726 e. The summed E-state index contributed by atoms with van der Waals surface area (Å²) in [5, 5.41) is 12.5. The average molecular weight is 356 g/mol. The van der Waals surface area contributed by atoms with Gasteiger partial charge in [0.2, 0.25) is 16.7 Å². The van der Waals surface area contributed by atoms with Crippen LogP contribution in [0.5, 0.6) is 0 Å². The van der Waals surface area contributed by atoms with Crippen LogP contribution in [-0.4, -0.2) is 44.0 Å². The Balaban J connectivity index is 0.000000413. The fraction of sp³-hybridized carbons (Fsp3) is 0.385. The molecular weight excluding hydrogens is 336 g/mol. The van der Waals surface area contributed by atoms with Gasteiger partial charge < -0.3 is 9.45 Å². The van der Waals surface area contributed by atoms with E-state index in [1.54, 1.807) is 11.0 Å². The standard InChI is InChI=1S/C12H17N6.CH4O4S/c1-16(2)11-7-5-10(6-8-11)14-15-12-17(3)9-13-18(12)4;1-5-6(2,3)4/h5-9H,1-4H3;1H3,(H,2,3,4)/q+1;/p-1. The molecule has 1 heterocycles. The van der Waals surface area contributed by atoms with Gasteiger partial charge in [-0.2, -0.15) is 0 Å². The Morgan fingerprint density at radius 1 is 1.25 bits per heavy atom. The van der Waals surface area contributed by atoms with Gasteiger partial charge in [-0.1, -0.05) is 5.11 Å². The summed E-state index contributed by atoms with van der Waals surface area (Å²) in [7, 11) is 4.13. The van der Waals surface area contributed by atoms with Crippen molar-refractivity contribution >= 4 is 27.7 Å². The number of azo groups is 1. The third kappa shape index (κ3) is 6.40. The first kappa shape index (κ1) is 19.7. The zero-order chi connectivity index (χ0) is 18.3. The van der Waals surface area contributed by atoms with Gasteiger partial charge in [0.05, 0.1) is 26.9 Å². The number of anilines is 1. The van der Waals surface area contributed by atoms with E-state index in [1.807, 2.05) is 61.9 Å². The van der Waals surface area contributed by atoms with Crippen LogP contribution in [0.4, 0.5) is 17.3 Å². The van der Waals surface area contributed by atoms with Crippen LogP contribution in [-0.2, 0) is 28.7 Å². The van der Waals surface area contributed by atoms with E-state index in [-0.39, 0.29) is 0 Å². The molecule has 0 saturated carbocycles. The lowest BCUT2D eigenvalue weighted by Crippen LogP contribution is -2.25.